The molecule has 0 saturated heterocycles. The van der Waals surface area contributed by atoms with Gasteiger partial charge in [0.25, 0.3) is 0 Å². The molecule has 2 heterocycles. The molecule has 2 aromatic heterocycles. The Balaban J connectivity index is 0.00000280. The maximum Gasteiger partial charge on any atom is 0.191 e. The number of aliphatic imine (C=N–C) groups is 1. The van der Waals surface area contributed by atoms with E-state index in [9.17, 15) is 4.21 Å². The van der Waals surface area contributed by atoms with Gasteiger partial charge in [-0.3, -0.25) is 9.20 Å². The van der Waals surface area contributed by atoms with Crippen molar-refractivity contribution in [2.45, 2.75) is 57.2 Å². The second-order valence-corrected chi connectivity index (χ2v) is 9.21. The molecule has 3 atom stereocenters. The van der Waals surface area contributed by atoms with Crippen LogP contribution in [0.2, 0.25) is 0 Å². The number of aromatic nitrogens is 2. The Labute approximate surface area is 187 Å². The van der Waals surface area contributed by atoms with Crippen LogP contribution in [0.1, 0.15) is 43.9 Å². The molecule has 0 spiro atoms. The molecule has 1 aliphatic carbocycles. The molecule has 0 radical (unpaired) electrons. The summed E-state index contributed by atoms with van der Waals surface area (Å²) in [5.74, 6) is 1.57. The van der Waals surface area contributed by atoms with E-state index in [1.807, 2.05) is 19.2 Å². The first-order chi connectivity index (χ1) is 13.1. The molecule has 2 aromatic rings. The second kappa shape index (κ2) is 11.1. The van der Waals surface area contributed by atoms with Crippen LogP contribution in [-0.2, 0) is 17.2 Å². The van der Waals surface area contributed by atoms with Crippen LogP contribution >= 0.6 is 24.0 Å². The maximum atomic E-state index is 12.1. The van der Waals surface area contributed by atoms with E-state index in [1.165, 1.54) is 5.56 Å². The predicted molar refractivity (Wildman–Crippen MR) is 128 cm³/mol. The summed E-state index contributed by atoms with van der Waals surface area (Å²) in [6.07, 6.45) is 9.26. The summed E-state index contributed by atoms with van der Waals surface area (Å²) >= 11 is 0. The van der Waals surface area contributed by atoms with Crippen molar-refractivity contribution in [3.8, 4) is 0 Å². The van der Waals surface area contributed by atoms with Crippen molar-refractivity contribution in [2.24, 2.45) is 4.99 Å². The average molecular weight is 517 g/mol. The van der Waals surface area contributed by atoms with Gasteiger partial charge in [0.15, 0.2) is 5.96 Å². The number of nitrogens with zero attached hydrogens (tertiary/aromatic N) is 3. The quantitative estimate of drug-likeness (QED) is 0.351. The average Bonchev–Trinajstić information content (AvgIpc) is 3.11. The lowest BCUT2D eigenvalue weighted by molar-refractivity contribution is 0.413. The number of hydrogen-bond acceptors (Lipinski definition) is 3. The third kappa shape index (κ3) is 5.92. The Kier molecular flexibility index (Phi) is 9.20. The maximum absolute atomic E-state index is 12.1. The molecular formula is C20H32IN5OS. The number of halogens is 1. The molecule has 156 valence electrons. The highest BCUT2D eigenvalue weighted by Crippen LogP contribution is 2.23. The Bertz CT molecular complexity index is 822. The molecule has 0 aromatic carbocycles. The highest BCUT2D eigenvalue weighted by Gasteiger charge is 2.25. The van der Waals surface area contributed by atoms with Crippen molar-refractivity contribution >= 4 is 46.4 Å². The van der Waals surface area contributed by atoms with Crippen molar-refractivity contribution in [1.82, 2.24) is 20.0 Å². The van der Waals surface area contributed by atoms with Crippen molar-refractivity contribution in [1.29, 1.82) is 0 Å². The molecule has 0 aliphatic heterocycles. The fourth-order valence-corrected chi connectivity index (χ4v) is 5.12. The SMILES string of the molecule is CCS(=O)C1CCCC(NC(=NC)NCCc2cn3cccc(C)c3n2)C1.I. The number of guanidine groups is 1. The first kappa shape index (κ1) is 23.1. The summed E-state index contributed by atoms with van der Waals surface area (Å²) < 4.78 is 14.2. The van der Waals surface area contributed by atoms with Gasteiger partial charge in [-0.05, 0) is 37.8 Å². The number of pyridine rings is 1. The lowest BCUT2D eigenvalue weighted by atomic mass is 9.95. The van der Waals surface area contributed by atoms with E-state index in [2.05, 4.69) is 39.2 Å². The van der Waals surface area contributed by atoms with Crippen LogP contribution in [0.25, 0.3) is 5.65 Å². The van der Waals surface area contributed by atoms with Gasteiger partial charge in [0.05, 0.1) is 5.69 Å². The van der Waals surface area contributed by atoms with Crippen molar-refractivity contribution in [3.63, 3.8) is 0 Å². The molecule has 3 unspecified atom stereocenters. The first-order valence-electron chi connectivity index (χ1n) is 9.88. The summed E-state index contributed by atoms with van der Waals surface area (Å²) in [5, 5.41) is 7.23. The zero-order chi connectivity index (χ0) is 19.2. The second-order valence-electron chi connectivity index (χ2n) is 7.20. The van der Waals surface area contributed by atoms with Gasteiger partial charge in [0.1, 0.15) is 5.65 Å². The summed E-state index contributed by atoms with van der Waals surface area (Å²) in [6, 6.07) is 4.48. The molecule has 3 rings (SSSR count). The fourth-order valence-electron chi connectivity index (χ4n) is 3.77. The van der Waals surface area contributed by atoms with Gasteiger partial charge in [0, 0.05) is 60.3 Å². The Morgan fingerprint density at radius 2 is 2.25 bits per heavy atom. The van der Waals surface area contributed by atoms with Gasteiger partial charge in [0.2, 0.25) is 0 Å². The number of aryl methyl sites for hydroxylation is 1. The van der Waals surface area contributed by atoms with Crippen LogP contribution in [-0.4, -0.2) is 50.2 Å². The van der Waals surface area contributed by atoms with Crippen LogP contribution in [0.5, 0.6) is 0 Å². The van der Waals surface area contributed by atoms with E-state index in [4.69, 9.17) is 4.98 Å². The number of nitrogens with one attached hydrogen (secondary N) is 2. The minimum Gasteiger partial charge on any atom is -0.356 e. The van der Waals surface area contributed by atoms with E-state index in [0.717, 1.165) is 61.7 Å². The van der Waals surface area contributed by atoms with Crippen molar-refractivity contribution in [3.05, 3.63) is 35.8 Å². The lowest BCUT2D eigenvalue weighted by Crippen LogP contribution is -2.47. The largest absolute Gasteiger partial charge is 0.356 e. The van der Waals surface area contributed by atoms with Crippen LogP contribution in [0.4, 0.5) is 0 Å². The molecule has 0 bridgehead atoms. The van der Waals surface area contributed by atoms with Gasteiger partial charge in [-0.2, -0.15) is 0 Å². The van der Waals surface area contributed by atoms with Crippen LogP contribution in [0, 0.1) is 6.92 Å². The zero-order valence-electron chi connectivity index (χ0n) is 17.0. The van der Waals surface area contributed by atoms with Crippen LogP contribution < -0.4 is 10.6 Å². The molecule has 1 fully saturated rings. The Morgan fingerprint density at radius 1 is 1.43 bits per heavy atom. The van der Waals surface area contributed by atoms with Gasteiger partial charge in [-0.1, -0.05) is 19.4 Å². The highest BCUT2D eigenvalue weighted by molar-refractivity contribution is 14.0. The van der Waals surface area contributed by atoms with E-state index >= 15 is 0 Å². The summed E-state index contributed by atoms with van der Waals surface area (Å²) in [7, 11) is 1.10. The fraction of sp³-hybridized carbons (Fsp3) is 0.600. The van der Waals surface area contributed by atoms with Crippen LogP contribution in [0.3, 0.4) is 0 Å². The standard InChI is InChI=1S/C20H31N5OS.HI/c1-4-27(26)18-9-5-8-16(13-18)24-20(21-3)22-11-10-17-14-25-12-6-7-15(2)19(25)23-17;/h6-7,12,14,16,18H,4-5,8-11,13H2,1-3H3,(H2,21,22,24);1H. The minimum absolute atomic E-state index is 0. The molecule has 0 amide bonds. The van der Waals surface area contributed by atoms with Crippen molar-refractivity contribution in [2.75, 3.05) is 19.3 Å². The summed E-state index contributed by atoms with van der Waals surface area (Å²) in [5.41, 5.74) is 3.28. The van der Waals surface area contributed by atoms with Gasteiger partial charge in [-0.25, -0.2) is 4.98 Å². The lowest BCUT2D eigenvalue weighted by Gasteiger charge is -2.30. The Morgan fingerprint density at radius 3 is 2.96 bits per heavy atom. The molecular weight excluding hydrogens is 485 g/mol. The normalized spacial score (nSPS) is 21.2. The van der Waals surface area contributed by atoms with E-state index in [1.54, 1.807) is 7.05 Å². The highest BCUT2D eigenvalue weighted by atomic mass is 127. The molecule has 28 heavy (non-hydrogen) atoms. The Hall–Kier alpha value is -1.16. The number of hydrogen-bond donors (Lipinski definition) is 2. The van der Waals surface area contributed by atoms with E-state index in [-0.39, 0.29) is 24.0 Å². The predicted octanol–water partition coefficient (Wildman–Crippen LogP) is 3.05. The monoisotopic (exact) mass is 517 g/mol. The van der Waals surface area contributed by atoms with Gasteiger partial charge >= 0.3 is 0 Å². The third-order valence-corrected chi connectivity index (χ3v) is 6.99. The summed E-state index contributed by atoms with van der Waals surface area (Å²) in [4.78, 5) is 9.07. The minimum atomic E-state index is -0.702. The molecule has 6 nitrogen and oxygen atoms in total. The smallest absolute Gasteiger partial charge is 0.191 e. The topological polar surface area (TPSA) is 70.8 Å². The number of imidazole rings is 1. The zero-order valence-corrected chi connectivity index (χ0v) is 20.1. The molecule has 2 N–H and O–H groups in total. The van der Waals surface area contributed by atoms with E-state index in [0.29, 0.717) is 11.3 Å². The first-order valence-corrected chi connectivity index (χ1v) is 11.3. The molecule has 1 saturated carbocycles. The van der Waals surface area contributed by atoms with Gasteiger partial charge < -0.3 is 15.0 Å². The summed E-state index contributed by atoms with van der Waals surface area (Å²) in [6.45, 7) is 4.87. The van der Waals surface area contributed by atoms with Crippen molar-refractivity contribution < 1.29 is 4.21 Å². The molecule has 8 heteroatoms. The van der Waals surface area contributed by atoms with Gasteiger partial charge in [-0.15, -0.1) is 24.0 Å². The number of fused-ring (bicyclic) bond motifs is 1. The number of rotatable bonds is 6. The van der Waals surface area contributed by atoms with E-state index < -0.39 is 10.8 Å². The van der Waals surface area contributed by atoms with Crippen LogP contribution in [0.15, 0.2) is 29.5 Å². The molecule has 1 aliphatic rings. The third-order valence-electron chi connectivity index (χ3n) is 5.25.